The minimum Gasteiger partial charge on any atom is -0.303 e. The molecule has 2 heteroatoms. The Morgan fingerprint density at radius 3 is 2.00 bits per heavy atom. The second-order valence-electron chi connectivity index (χ2n) is 4.10. The van der Waals surface area contributed by atoms with Crippen molar-refractivity contribution in [3.05, 3.63) is 0 Å². The summed E-state index contributed by atoms with van der Waals surface area (Å²) in [5, 5.41) is 0. The predicted molar refractivity (Wildman–Crippen MR) is 56.4 cm³/mol. The smallest absolute Gasteiger partial charge is 0.00154 e. The molecular weight excluding hydrogens is 165 g/mol. The van der Waals surface area contributed by atoms with E-state index in [1.54, 1.807) is 18.5 Å². The first kappa shape index (κ1) is 8.97. The van der Waals surface area contributed by atoms with Crippen molar-refractivity contribution in [2.75, 3.05) is 38.1 Å². The molecule has 3 aliphatic heterocycles. The zero-order chi connectivity index (χ0) is 8.23. The largest absolute Gasteiger partial charge is 0.303 e. The molecule has 0 unspecified atom stereocenters. The monoisotopic (exact) mass is 185 g/mol. The molecule has 3 fully saturated rings. The summed E-state index contributed by atoms with van der Waals surface area (Å²) in [6.45, 7) is 4.20. The molecule has 0 aromatic carbocycles. The van der Waals surface area contributed by atoms with Gasteiger partial charge < -0.3 is 4.90 Å². The van der Waals surface area contributed by atoms with Gasteiger partial charge in [0, 0.05) is 0 Å². The van der Waals surface area contributed by atoms with E-state index in [0.717, 1.165) is 0 Å². The van der Waals surface area contributed by atoms with Gasteiger partial charge in [-0.15, -0.1) is 7.92 Å². The molecule has 0 atom stereocenters. The van der Waals surface area contributed by atoms with E-state index >= 15 is 0 Å². The quantitative estimate of drug-likeness (QED) is 0.524. The highest BCUT2D eigenvalue weighted by atomic mass is 31.1. The van der Waals surface area contributed by atoms with E-state index in [1.165, 1.54) is 45.3 Å². The Morgan fingerprint density at radius 2 is 1.25 bits per heavy atom. The Kier molecular flexibility index (Phi) is 3.42. The summed E-state index contributed by atoms with van der Waals surface area (Å²) in [4.78, 5) is 2.69. The fourth-order valence-corrected chi connectivity index (χ4v) is 4.90. The summed E-state index contributed by atoms with van der Waals surface area (Å²) in [7, 11) is 0.479. The van der Waals surface area contributed by atoms with Crippen molar-refractivity contribution < 1.29 is 0 Å². The average Bonchev–Trinajstić information content (AvgIpc) is 2.18. The van der Waals surface area contributed by atoms with Gasteiger partial charge in [-0.05, 0) is 63.8 Å². The van der Waals surface area contributed by atoms with Crippen molar-refractivity contribution >= 4 is 7.92 Å². The molecule has 0 N–H and O–H groups in total. The van der Waals surface area contributed by atoms with Crippen molar-refractivity contribution in [3.8, 4) is 0 Å². The third kappa shape index (κ3) is 2.44. The molecule has 1 nitrogen and oxygen atoms in total. The highest BCUT2D eigenvalue weighted by molar-refractivity contribution is 7.57. The standard InChI is InChI=1S/C10H20NP/c1-2-8-12-9-3-6-11(5-1)7-4-10-12/h1-10H2. The van der Waals surface area contributed by atoms with Crippen molar-refractivity contribution in [3.63, 3.8) is 0 Å². The Balaban J connectivity index is 1.96. The van der Waals surface area contributed by atoms with Crippen LogP contribution in [0.15, 0.2) is 0 Å². The summed E-state index contributed by atoms with van der Waals surface area (Å²) in [5.74, 6) is 0. The maximum absolute atomic E-state index is 2.69. The molecule has 3 aliphatic rings. The molecule has 0 aromatic rings. The van der Waals surface area contributed by atoms with Crippen LogP contribution in [-0.4, -0.2) is 43.0 Å². The molecule has 2 bridgehead atoms. The van der Waals surface area contributed by atoms with Crippen LogP contribution >= 0.6 is 7.92 Å². The topological polar surface area (TPSA) is 3.24 Å². The summed E-state index contributed by atoms with van der Waals surface area (Å²) in [6, 6.07) is 0. The molecule has 0 aromatic heterocycles. The average molecular weight is 185 g/mol. The van der Waals surface area contributed by atoms with Crippen molar-refractivity contribution in [1.82, 2.24) is 4.90 Å². The third-order valence-corrected chi connectivity index (χ3v) is 5.94. The van der Waals surface area contributed by atoms with Gasteiger partial charge in [0.05, 0.1) is 0 Å². The lowest BCUT2D eigenvalue weighted by Crippen LogP contribution is -2.28. The fraction of sp³-hybridized carbons (Fsp3) is 1.00. The minimum atomic E-state index is 0.479. The number of nitrogens with zero attached hydrogens (tertiary/aromatic N) is 1. The zero-order valence-electron chi connectivity index (χ0n) is 7.97. The lowest BCUT2D eigenvalue weighted by atomic mass is 10.3. The molecule has 12 heavy (non-hydrogen) atoms. The Hall–Kier alpha value is 0.390. The van der Waals surface area contributed by atoms with Gasteiger partial charge >= 0.3 is 0 Å². The second-order valence-corrected chi connectivity index (χ2v) is 6.78. The van der Waals surface area contributed by atoms with E-state index in [-0.39, 0.29) is 0 Å². The molecule has 3 rings (SSSR count). The van der Waals surface area contributed by atoms with Crippen molar-refractivity contribution in [2.24, 2.45) is 0 Å². The maximum Gasteiger partial charge on any atom is -0.00154 e. The minimum absolute atomic E-state index is 0.479. The van der Waals surface area contributed by atoms with Gasteiger partial charge in [0.15, 0.2) is 0 Å². The SMILES string of the molecule is C1CCP2CCCN(C1)CCC2. The zero-order valence-corrected chi connectivity index (χ0v) is 8.86. The molecule has 3 heterocycles. The van der Waals surface area contributed by atoms with Gasteiger partial charge in [-0.2, -0.15) is 0 Å². The summed E-state index contributed by atoms with van der Waals surface area (Å²) in [5.41, 5.74) is 0. The highest BCUT2D eigenvalue weighted by Gasteiger charge is 2.16. The predicted octanol–water partition coefficient (Wildman–Crippen LogP) is 2.36. The molecule has 0 radical (unpaired) electrons. The lowest BCUT2D eigenvalue weighted by molar-refractivity contribution is 0.272. The first-order valence-corrected chi connectivity index (χ1v) is 7.29. The molecule has 0 aliphatic carbocycles. The molecule has 0 amide bonds. The van der Waals surface area contributed by atoms with Gasteiger partial charge in [0.1, 0.15) is 0 Å². The van der Waals surface area contributed by atoms with Crippen LogP contribution in [0.3, 0.4) is 0 Å². The normalized spacial score (nSPS) is 38.0. The van der Waals surface area contributed by atoms with E-state index in [1.807, 2.05) is 0 Å². The van der Waals surface area contributed by atoms with Crippen LogP contribution in [0.4, 0.5) is 0 Å². The van der Waals surface area contributed by atoms with E-state index in [0.29, 0.717) is 7.92 Å². The summed E-state index contributed by atoms with van der Waals surface area (Å²) < 4.78 is 0. The van der Waals surface area contributed by atoms with Gasteiger partial charge in [-0.25, -0.2) is 0 Å². The number of rotatable bonds is 0. The van der Waals surface area contributed by atoms with Crippen LogP contribution in [0.5, 0.6) is 0 Å². The van der Waals surface area contributed by atoms with Crippen LogP contribution in [0, 0.1) is 0 Å². The maximum atomic E-state index is 2.69. The van der Waals surface area contributed by atoms with Crippen molar-refractivity contribution in [2.45, 2.75) is 25.7 Å². The van der Waals surface area contributed by atoms with E-state index < -0.39 is 0 Å². The second kappa shape index (κ2) is 4.58. The van der Waals surface area contributed by atoms with Crippen LogP contribution < -0.4 is 0 Å². The molecule has 3 saturated heterocycles. The van der Waals surface area contributed by atoms with Gasteiger partial charge in [0.2, 0.25) is 0 Å². The van der Waals surface area contributed by atoms with E-state index in [9.17, 15) is 0 Å². The van der Waals surface area contributed by atoms with Gasteiger partial charge in [-0.1, -0.05) is 0 Å². The Labute approximate surface area is 77.3 Å². The van der Waals surface area contributed by atoms with Gasteiger partial charge in [-0.3, -0.25) is 0 Å². The first-order chi connectivity index (χ1) is 5.95. The van der Waals surface area contributed by atoms with Crippen LogP contribution in [0.1, 0.15) is 25.7 Å². The van der Waals surface area contributed by atoms with Crippen LogP contribution in [0.25, 0.3) is 0 Å². The molecule has 0 spiro atoms. The third-order valence-electron chi connectivity index (χ3n) is 3.10. The lowest BCUT2D eigenvalue weighted by Gasteiger charge is -2.25. The molecular formula is C10H20NP. The number of hydrogen-bond acceptors (Lipinski definition) is 1. The first-order valence-electron chi connectivity index (χ1n) is 5.40. The molecule has 0 saturated carbocycles. The highest BCUT2D eigenvalue weighted by Crippen LogP contribution is 2.39. The Bertz CT molecular complexity index is 108. The number of hydrogen-bond donors (Lipinski definition) is 0. The van der Waals surface area contributed by atoms with Crippen LogP contribution in [0.2, 0.25) is 0 Å². The summed E-state index contributed by atoms with van der Waals surface area (Å²) >= 11 is 0. The van der Waals surface area contributed by atoms with Gasteiger partial charge in [0.25, 0.3) is 0 Å². The van der Waals surface area contributed by atoms with Crippen molar-refractivity contribution in [1.29, 1.82) is 0 Å². The molecule has 70 valence electrons. The van der Waals surface area contributed by atoms with E-state index in [2.05, 4.69) is 4.90 Å². The van der Waals surface area contributed by atoms with E-state index in [4.69, 9.17) is 0 Å². The Morgan fingerprint density at radius 1 is 0.667 bits per heavy atom. The summed E-state index contributed by atoms with van der Waals surface area (Å²) in [6.07, 6.45) is 10.7. The number of fused-ring (bicyclic) bond motifs is 7. The fourth-order valence-electron chi connectivity index (χ4n) is 2.38. The van der Waals surface area contributed by atoms with Crippen LogP contribution in [-0.2, 0) is 0 Å².